The first kappa shape index (κ1) is 18.6. The Morgan fingerprint density at radius 2 is 2.19 bits per heavy atom. The van der Waals surface area contributed by atoms with Crippen LogP contribution in [0.1, 0.15) is 48.1 Å². The number of carbonyl (C=O) groups is 2. The fraction of sp³-hybridized carbons (Fsp3) is 0.556. The third-order valence-corrected chi connectivity index (χ3v) is 5.68. The van der Waals surface area contributed by atoms with Crippen LogP contribution in [0.3, 0.4) is 0 Å². The third kappa shape index (κ3) is 3.95. The van der Waals surface area contributed by atoms with Gasteiger partial charge >= 0.3 is 0 Å². The van der Waals surface area contributed by atoms with Crippen LogP contribution >= 0.6 is 11.3 Å². The van der Waals surface area contributed by atoms with Crippen LogP contribution in [0.5, 0.6) is 0 Å². The second-order valence-corrected chi connectivity index (χ2v) is 8.04. The van der Waals surface area contributed by atoms with Gasteiger partial charge in [0.25, 0.3) is 5.91 Å². The number of aryl methyl sites for hydroxylation is 1. The summed E-state index contributed by atoms with van der Waals surface area (Å²) in [5.74, 6) is 0.902. The number of hydrogen-bond acceptors (Lipinski definition) is 5. The van der Waals surface area contributed by atoms with Gasteiger partial charge in [-0.3, -0.25) is 9.59 Å². The molecule has 0 aromatic carbocycles. The molecule has 1 N–H and O–H groups in total. The number of nitrogens with zero attached hydrogens (tertiary/aromatic N) is 4. The molecule has 2 aromatic rings. The quantitative estimate of drug-likeness (QED) is 0.867. The van der Waals surface area contributed by atoms with Gasteiger partial charge < -0.3 is 14.8 Å². The Morgan fingerprint density at radius 3 is 2.81 bits per heavy atom. The summed E-state index contributed by atoms with van der Waals surface area (Å²) in [6.45, 7) is 5.25. The number of carbonyl (C=O) groups excluding carboxylic acids is 2. The van der Waals surface area contributed by atoms with Gasteiger partial charge in [-0.15, -0.1) is 21.5 Å². The molecule has 1 aliphatic heterocycles. The number of likely N-dealkylation sites (tertiary alicyclic amines) is 1. The van der Waals surface area contributed by atoms with Gasteiger partial charge in [-0.1, -0.05) is 19.9 Å². The van der Waals surface area contributed by atoms with Crippen molar-refractivity contribution in [2.24, 2.45) is 13.0 Å². The summed E-state index contributed by atoms with van der Waals surface area (Å²) < 4.78 is 1.91. The first-order valence-corrected chi connectivity index (χ1v) is 9.82. The molecule has 3 heterocycles. The molecule has 0 radical (unpaired) electrons. The van der Waals surface area contributed by atoms with Crippen LogP contribution in [0.25, 0.3) is 0 Å². The smallest absolute Gasteiger partial charge is 0.262 e. The third-order valence-electron chi connectivity index (χ3n) is 4.81. The number of aromatic nitrogens is 3. The Kier molecular flexibility index (Phi) is 5.70. The van der Waals surface area contributed by atoms with Gasteiger partial charge in [0.2, 0.25) is 5.91 Å². The molecular weight excluding hydrogens is 350 g/mol. The molecule has 0 spiro atoms. The molecule has 7 nitrogen and oxygen atoms in total. The van der Waals surface area contributed by atoms with Crippen molar-refractivity contribution in [2.75, 3.05) is 13.1 Å². The van der Waals surface area contributed by atoms with Crippen molar-refractivity contribution in [1.29, 1.82) is 0 Å². The molecule has 1 aliphatic rings. The minimum Gasteiger partial charge on any atom is -0.340 e. The highest BCUT2D eigenvalue weighted by atomic mass is 32.1. The van der Waals surface area contributed by atoms with Crippen LogP contribution in [0.15, 0.2) is 23.8 Å². The van der Waals surface area contributed by atoms with Crippen molar-refractivity contribution in [1.82, 2.24) is 25.0 Å². The van der Waals surface area contributed by atoms with Crippen molar-refractivity contribution in [3.8, 4) is 0 Å². The maximum atomic E-state index is 13.1. The fourth-order valence-corrected chi connectivity index (χ4v) is 4.01. The van der Waals surface area contributed by atoms with E-state index in [0.717, 1.165) is 18.7 Å². The molecule has 0 saturated carbocycles. The molecular formula is C18H25N5O2S. The number of piperidine rings is 1. The summed E-state index contributed by atoms with van der Waals surface area (Å²) in [7, 11) is 1.92. The number of nitrogens with one attached hydrogen (secondary N) is 1. The lowest BCUT2D eigenvalue weighted by atomic mass is 9.95. The predicted octanol–water partition coefficient (Wildman–Crippen LogP) is 2.04. The van der Waals surface area contributed by atoms with Crippen LogP contribution in [0.4, 0.5) is 0 Å². The van der Waals surface area contributed by atoms with Crippen molar-refractivity contribution in [3.63, 3.8) is 0 Å². The minimum atomic E-state index is -0.525. The lowest BCUT2D eigenvalue weighted by Crippen LogP contribution is -2.53. The Balaban J connectivity index is 1.70. The zero-order valence-corrected chi connectivity index (χ0v) is 16.2. The van der Waals surface area contributed by atoms with Crippen molar-refractivity contribution < 1.29 is 9.59 Å². The summed E-state index contributed by atoms with van der Waals surface area (Å²) in [5, 5.41) is 12.9. The molecule has 26 heavy (non-hydrogen) atoms. The van der Waals surface area contributed by atoms with E-state index in [9.17, 15) is 9.59 Å². The number of rotatable bonds is 5. The predicted molar refractivity (Wildman–Crippen MR) is 100.0 cm³/mol. The van der Waals surface area contributed by atoms with Crippen LogP contribution in [0.2, 0.25) is 0 Å². The zero-order chi connectivity index (χ0) is 18.7. The molecule has 0 bridgehead atoms. The Hall–Kier alpha value is -2.22. The van der Waals surface area contributed by atoms with Gasteiger partial charge in [0, 0.05) is 26.1 Å². The summed E-state index contributed by atoms with van der Waals surface area (Å²) >= 11 is 1.38. The molecule has 2 aromatic heterocycles. The molecule has 0 unspecified atom stereocenters. The molecule has 8 heteroatoms. The van der Waals surface area contributed by atoms with Crippen LogP contribution < -0.4 is 5.32 Å². The fourth-order valence-electron chi connectivity index (χ4n) is 3.38. The van der Waals surface area contributed by atoms with Crippen LogP contribution in [-0.4, -0.2) is 50.6 Å². The van der Waals surface area contributed by atoms with E-state index in [-0.39, 0.29) is 23.7 Å². The lowest BCUT2D eigenvalue weighted by molar-refractivity contribution is -0.135. The first-order chi connectivity index (χ1) is 12.5. The first-order valence-electron chi connectivity index (χ1n) is 8.94. The molecule has 140 valence electrons. The topological polar surface area (TPSA) is 80.1 Å². The standard InChI is InChI=1S/C18H25N5O2S/c1-12(2)15(20-17(24)14-7-5-9-26-14)18(25)23-8-4-6-13(10-23)16-21-19-11-22(16)3/h5,7,9,11-13,15H,4,6,8,10H2,1-3H3,(H,20,24)/t13-,15-/m1/s1. The van der Waals surface area contributed by atoms with E-state index in [1.165, 1.54) is 11.3 Å². The highest BCUT2D eigenvalue weighted by Crippen LogP contribution is 2.26. The van der Waals surface area contributed by atoms with Crippen molar-refractivity contribution in [2.45, 2.75) is 38.6 Å². The van der Waals surface area contributed by atoms with Gasteiger partial charge in [-0.25, -0.2) is 0 Å². The number of amides is 2. The van der Waals surface area contributed by atoms with E-state index >= 15 is 0 Å². The maximum Gasteiger partial charge on any atom is 0.262 e. The minimum absolute atomic E-state index is 0.0154. The lowest BCUT2D eigenvalue weighted by Gasteiger charge is -2.35. The normalized spacial score (nSPS) is 18.8. The van der Waals surface area contributed by atoms with E-state index < -0.39 is 6.04 Å². The molecule has 2 atom stereocenters. The largest absolute Gasteiger partial charge is 0.340 e. The van der Waals surface area contributed by atoms with Gasteiger partial charge in [0.05, 0.1) is 4.88 Å². The molecule has 1 fully saturated rings. The summed E-state index contributed by atoms with van der Waals surface area (Å²) in [6, 6.07) is 3.08. The maximum absolute atomic E-state index is 13.1. The summed E-state index contributed by atoms with van der Waals surface area (Å²) in [4.78, 5) is 28.0. The molecule has 2 amide bonds. The Labute approximate surface area is 157 Å². The summed E-state index contributed by atoms with van der Waals surface area (Å²) in [6.07, 6.45) is 3.60. The second kappa shape index (κ2) is 7.99. The van der Waals surface area contributed by atoms with E-state index in [1.807, 2.05) is 41.8 Å². The van der Waals surface area contributed by atoms with Crippen LogP contribution in [-0.2, 0) is 11.8 Å². The second-order valence-electron chi connectivity index (χ2n) is 7.10. The van der Waals surface area contributed by atoms with Gasteiger partial charge in [0.15, 0.2) is 0 Å². The van der Waals surface area contributed by atoms with Gasteiger partial charge in [0.1, 0.15) is 18.2 Å². The highest BCUT2D eigenvalue weighted by molar-refractivity contribution is 7.12. The SMILES string of the molecule is CC(C)[C@@H](NC(=O)c1cccs1)C(=O)N1CCC[C@@H](c2nncn2C)C1. The Bertz CT molecular complexity index is 755. The Morgan fingerprint density at radius 1 is 1.38 bits per heavy atom. The van der Waals surface area contributed by atoms with Crippen LogP contribution in [0, 0.1) is 5.92 Å². The zero-order valence-electron chi connectivity index (χ0n) is 15.4. The molecule has 0 aliphatic carbocycles. The van der Waals surface area contributed by atoms with Crippen molar-refractivity contribution >= 4 is 23.2 Å². The van der Waals surface area contributed by atoms with E-state index in [0.29, 0.717) is 18.0 Å². The van der Waals surface area contributed by atoms with E-state index in [1.54, 1.807) is 12.4 Å². The highest BCUT2D eigenvalue weighted by Gasteiger charge is 2.33. The molecule has 3 rings (SSSR count). The van der Waals surface area contributed by atoms with Gasteiger partial charge in [-0.2, -0.15) is 0 Å². The average molecular weight is 375 g/mol. The number of thiophene rings is 1. The number of hydrogen-bond donors (Lipinski definition) is 1. The monoisotopic (exact) mass is 375 g/mol. The van der Waals surface area contributed by atoms with E-state index in [4.69, 9.17) is 0 Å². The summed E-state index contributed by atoms with van der Waals surface area (Å²) in [5.41, 5.74) is 0. The average Bonchev–Trinajstić information content (AvgIpc) is 3.30. The molecule has 1 saturated heterocycles. The van der Waals surface area contributed by atoms with E-state index in [2.05, 4.69) is 15.5 Å². The van der Waals surface area contributed by atoms with Crippen molar-refractivity contribution in [3.05, 3.63) is 34.5 Å². The van der Waals surface area contributed by atoms with Gasteiger partial charge in [-0.05, 0) is 30.2 Å².